The first-order chi connectivity index (χ1) is 13.1. The number of aromatic nitrogens is 2. The van der Waals surface area contributed by atoms with Gasteiger partial charge < -0.3 is 19.4 Å². The smallest absolute Gasteiger partial charge is 0.234 e. The van der Waals surface area contributed by atoms with E-state index in [2.05, 4.69) is 16.8 Å². The number of ether oxygens (including phenoxy) is 2. The molecule has 1 fully saturated rings. The number of aryl methyl sites for hydroxylation is 1. The minimum atomic E-state index is -0.0487. The van der Waals surface area contributed by atoms with Crippen LogP contribution in [-0.2, 0) is 4.79 Å². The summed E-state index contributed by atoms with van der Waals surface area (Å²) in [7, 11) is 0. The highest BCUT2D eigenvalue weighted by Crippen LogP contribution is 2.35. The SMILES string of the molecule is Cc1nc(SCC(=O)Nc2ccc3c(c2)OCO3)n(C2CCCCC2)c1C. The molecule has 7 heteroatoms. The summed E-state index contributed by atoms with van der Waals surface area (Å²) in [6.45, 7) is 4.41. The fourth-order valence-electron chi connectivity index (χ4n) is 3.77. The number of carbonyl (C=O) groups is 1. The highest BCUT2D eigenvalue weighted by atomic mass is 32.2. The molecule has 2 heterocycles. The zero-order chi connectivity index (χ0) is 18.8. The number of fused-ring (bicyclic) bond motifs is 1. The largest absolute Gasteiger partial charge is 0.454 e. The lowest BCUT2D eigenvalue weighted by molar-refractivity contribution is -0.113. The summed E-state index contributed by atoms with van der Waals surface area (Å²) in [6, 6.07) is 5.95. The number of amides is 1. The molecule has 1 aromatic heterocycles. The lowest BCUT2D eigenvalue weighted by Gasteiger charge is -2.26. The van der Waals surface area contributed by atoms with Gasteiger partial charge in [-0.3, -0.25) is 4.79 Å². The first-order valence-electron chi connectivity index (χ1n) is 9.49. The highest BCUT2D eigenvalue weighted by molar-refractivity contribution is 7.99. The summed E-state index contributed by atoms with van der Waals surface area (Å²) in [5.74, 6) is 1.66. The number of rotatable bonds is 5. The molecule has 6 nitrogen and oxygen atoms in total. The Kier molecular flexibility index (Phi) is 5.29. The average molecular weight is 388 g/mol. The zero-order valence-corrected chi connectivity index (χ0v) is 16.6. The van der Waals surface area contributed by atoms with Crippen LogP contribution in [0.5, 0.6) is 11.5 Å². The topological polar surface area (TPSA) is 65.4 Å². The molecule has 144 valence electrons. The van der Waals surface area contributed by atoms with E-state index in [1.807, 2.05) is 19.1 Å². The van der Waals surface area contributed by atoms with Crippen LogP contribution >= 0.6 is 11.8 Å². The van der Waals surface area contributed by atoms with Crippen molar-refractivity contribution in [2.75, 3.05) is 17.9 Å². The molecule has 2 aromatic rings. The zero-order valence-electron chi connectivity index (χ0n) is 15.8. The predicted octanol–water partition coefficient (Wildman–Crippen LogP) is 4.46. The molecule has 27 heavy (non-hydrogen) atoms. The van der Waals surface area contributed by atoms with E-state index in [-0.39, 0.29) is 12.7 Å². The van der Waals surface area contributed by atoms with Gasteiger partial charge in [0.2, 0.25) is 12.7 Å². The number of nitrogens with zero attached hydrogens (tertiary/aromatic N) is 2. The maximum atomic E-state index is 12.4. The predicted molar refractivity (Wildman–Crippen MR) is 106 cm³/mol. The van der Waals surface area contributed by atoms with Gasteiger partial charge in [0.05, 0.1) is 11.4 Å². The van der Waals surface area contributed by atoms with Gasteiger partial charge in [0.15, 0.2) is 16.7 Å². The van der Waals surface area contributed by atoms with Crippen molar-refractivity contribution in [1.29, 1.82) is 0 Å². The van der Waals surface area contributed by atoms with E-state index in [9.17, 15) is 4.79 Å². The molecular formula is C20H25N3O3S. The van der Waals surface area contributed by atoms with E-state index in [1.165, 1.54) is 49.6 Å². The molecule has 1 aromatic carbocycles. The van der Waals surface area contributed by atoms with Crippen molar-refractivity contribution in [2.24, 2.45) is 0 Å². The molecule has 2 aliphatic rings. The van der Waals surface area contributed by atoms with E-state index >= 15 is 0 Å². The summed E-state index contributed by atoms with van der Waals surface area (Å²) in [4.78, 5) is 17.1. The molecule has 1 aliphatic carbocycles. The van der Waals surface area contributed by atoms with Crippen LogP contribution in [-0.4, -0.2) is 28.0 Å². The van der Waals surface area contributed by atoms with Crippen LogP contribution in [0.4, 0.5) is 5.69 Å². The van der Waals surface area contributed by atoms with Gasteiger partial charge in [0.25, 0.3) is 0 Å². The monoisotopic (exact) mass is 387 g/mol. The normalized spacial score (nSPS) is 16.5. The van der Waals surface area contributed by atoms with Crippen molar-refractivity contribution < 1.29 is 14.3 Å². The van der Waals surface area contributed by atoms with Gasteiger partial charge in [0, 0.05) is 23.5 Å². The molecule has 1 saturated carbocycles. The Labute approximate surface area is 163 Å². The fourth-order valence-corrected chi connectivity index (χ4v) is 4.73. The minimum absolute atomic E-state index is 0.0487. The lowest BCUT2D eigenvalue weighted by Crippen LogP contribution is -2.17. The molecule has 0 saturated heterocycles. The van der Waals surface area contributed by atoms with Gasteiger partial charge in [-0.25, -0.2) is 4.98 Å². The molecule has 1 N–H and O–H groups in total. The molecule has 0 unspecified atom stereocenters. The maximum absolute atomic E-state index is 12.4. The Morgan fingerprint density at radius 1 is 1.22 bits per heavy atom. The van der Waals surface area contributed by atoms with Crippen LogP contribution < -0.4 is 14.8 Å². The number of anilines is 1. The summed E-state index contributed by atoms with van der Waals surface area (Å²) >= 11 is 1.51. The van der Waals surface area contributed by atoms with Crippen molar-refractivity contribution >= 4 is 23.4 Å². The van der Waals surface area contributed by atoms with Crippen molar-refractivity contribution in [3.63, 3.8) is 0 Å². The van der Waals surface area contributed by atoms with Gasteiger partial charge in [-0.15, -0.1) is 0 Å². The number of imidazole rings is 1. The molecule has 1 amide bonds. The highest BCUT2D eigenvalue weighted by Gasteiger charge is 2.22. The second-order valence-electron chi connectivity index (χ2n) is 7.13. The summed E-state index contributed by atoms with van der Waals surface area (Å²) in [5, 5.41) is 3.89. The Balaban J connectivity index is 1.41. The molecule has 4 rings (SSSR count). The molecule has 0 spiro atoms. The van der Waals surface area contributed by atoms with E-state index in [0.717, 1.165) is 10.9 Å². The molecular weight excluding hydrogens is 362 g/mol. The quantitative estimate of drug-likeness (QED) is 0.767. The van der Waals surface area contributed by atoms with Gasteiger partial charge in [-0.1, -0.05) is 31.0 Å². The van der Waals surface area contributed by atoms with Crippen LogP contribution in [0.2, 0.25) is 0 Å². The Morgan fingerprint density at radius 2 is 2.00 bits per heavy atom. The molecule has 0 bridgehead atoms. The van der Waals surface area contributed by atoms with Crippen molar-refractivity contribution in [2.45, 2.75) is 57.1 Å². The van der Waals surface area contributed by atoms with Crippen molar-refractivity contribution in [3.8, 4) is 11.5 Å². The molecule has 1 aliphatic heterocycles. The van der Waals surface area contributed by atoms with Crippen LogP contribution in [0.25, 0.3) is 0 Å². The van der Waals surface area contributed by atoms with Crippen LogP contribution in [0.1, 0.15) is 49.5 Å². The molecule has 0 atom stereocenters. The van der Waals surface area contributed by atoms with E-state index in [4.69, 9.17) is 14.5 Å². The number of nitrogens with one attached hydrogen (secondary N) is 1. The standard InChI is InChI=1S/C20H25N3O3S/c1-13-14(2)23(16-6-4-3-5-7-16)20(21-13)27-11-19(24)22-15-8-9-17-18(10-15)26-12-25-17/h8-10,16H,3-7,11-12H2,1-2H3,(H,22,24). The number of carbonyl (C=O) groups excluding carboxylic acids is 1. The van der Waals surface area contributed by atoms with Gasteiger partial charge in [0.1, 0.15) is 0 Å². The fraction of sp³-hybridized carbons (Fsp3) is 0.500. The third-order valence-electron chi connectivity index (χ3n) is 5.28. The van der Waals surface area contributed by atoms with Gasteiger partial charge in [-0.05, 0) is 38.8 Å². The minimum Gasteiger partial charge on any atom is -0.454 e. The van der Waals surface area contributed by atoms with Gasteiger partial charge in [-0.2, -0.15) is 0 Å². The first kappa shape index (κ1) is 18.2. The van der Waals surface area contributed by atoms with Crippen LogP contribution in [0, 0.1) is 13.8 Å². The van der Waals surface area contributed by atoms with E-state index in [1.54, 1.807) is 6.07 Å². The van der Waals surface area contributed by atoms with Gasteiger partial charge >= 0.3 is 0 Å². The third kappa shape index (κ3) is 3.93. The Morgan fingerprint density at radius 3 is 2.81 bits per heavy atom. The van der Waals surface area contributed by atoms with Crippen LogP contribution in [0.15, 0.2) is 23.4 Å². The Hall–Kier alpha value is -2.15. The second-order valence-corrected chi connectivity index (χ2v) is 8.07. The summed E-state index contributed by atoms with van der Waals surface area (Å²) in [5.41, 5.74) is 2.99. The van der Waals surface area contributed by atoms with Crippen LogP contribution in [0.3, 0.4) is 0 Å². The van der Waals surface area contributed by atoms with E-state index < -0.39 is 0 Å². The van der Waals surface area contributed by atoms with Crippen molar-refractivity contribution in [3.05, 3.63) is 29.6 Å². The molecule has 0 radical (unpaired) electrons. The number of benzene rings is 1. The van der Waals surface area contributed by atoms with Crippen molar-refractivity contribution in [1.82, 2.24) is 9.55 Å². The Bertz CT molecular complexity index is 843. The number of thioether (sulfide) groups is 1. The lowest BCUT2D eigenvalue weighted by atomic mass is 9.95. The summed E-state index contributed by atoms with van der Waals surface area (Å²) < 4.78 is 13.0. The number of hydrogen-bond acceptors (Lipinski definition) is 5. The maximum Gasteiger partial charge on any atom is 0.234 e. The van der Waals surface area contributed by atoms with E-state index in [0.29, 0.717) is 29.0 Å². The first-order valence-corrected chi connectivity index (χ1v) is 10.5. The number of hydrogen-bond donors (Lipinski definition) is 1. The summed E-state index contributed by atoms with van der Waals surface area (Å²) in [6.07, 6.45) is 6.27. The second kappa shape index (κ2) is 7.84. The third-order valence-corrected chi connectivity index (χ3v) is 6.24. The average Bonchev–Trinajstić information content (AvgIpc) is 3.25.